The van der Waals surface area contributed by atoms with E-state index in [1.165, 1.54) is 33.4 Å². The van der Waals surface area contributed by atoms with Gasteiger partial charge >= 0.3 is 0 Å². The lowest BCUT2D eigenvalue weighted by molar-refractivity contribution is 1.56. The summed E-state index contributed by atoms with van der Waals surface area (Å²) in [5, 5.41) is 0. The van der Waals surface area contributed by atoms with Crippen LogP contribution in [0, 0.1) is 0 Å². The lowest BCUT2D eigenvalue weighted by Gasteiger charge is -2.12. The van der Waals surface area contributed by atoms with Gasteiger partial charge in [-0.3, -0.25) is 0 Å². The Morgan fingerprint density at radius 2 is 0.920 bits per heavy atom. The van der Waals surface area contributed by atoms with Crippen molar-refractivity contribution in [2.24, 2.45) is 0 Å². The molecule has 0 bridgehead atoms. The third-order valence-electron chi connectivity index (χ3n) is 4.34. The zero-order chi connectivity index (χ0) is 17.1. The Hall–Kier alpha value is -2.64. The van der Waals surface area contributed by atoms with E-state index in [1.54, 1.807) is 0 Å². The molecule has 0 spiro atoms. The molecule has 0 atom stereocenters. The van der Waals surface area contributed by atoms with Gasteiger partial charge in [-0.1, -0.05) is 101 Å². The molecule has 1 heteroatoms. The average molecular weight is 385 g/mol. The molecule has 0 aliphatic heterocycles. The van der Waals surface area contributed by atoms with E-state index >= 15 is 0 Å². The van der Waals surface area contributed by atoms with Crippen molar-refractivity contribution >= 4 is 15.9 Å². The fourth-order valence-corrected chi connectivity index (χ4v) is 3.54. The molecule has 0 aromatic heterocycles. The molecule has 0 saturated heterocycles. The molecule has 4 aromatic rings. The number of rotatable bonds is 3. The number of halogens is 1. The summed E-state index contributed by atoms with van der Waals surface area (Å²) in [6.45, 7) is 0. The highest BCUT2D eigenvalue weighted by atomic mass is 79.9. The second-order valence-electron chi connectivity index (χ2n) is 6.00. The minimum atomic E-state index is 1.10. The molecule has 0 radical (unpaired) electrons. The van der Waals surface area contributed by atoms with Gasteiger partial charge in [0.2, 0.25) is 0 Å². The second-order valence-corrected chi connectivity index (χ2v) is 6.92. The summed E-state index contributed by atoms with van der Waals surface area (Å²) >= 11 is 3.58. The van der Waals surface area contributed by atoms with E-state index in [1.807, 2.05) is 0 Å². The van der Waals surface area contributed by atoms with E-state index in [0.717, 1.165) is 4.47 Å². The molecular formula is C24H17Br. The van der Waals surface area contributed by atoms with Gasteiger partial charge in [0.05, 0.1) is 0 Å². The Bertz CT molecular complexity index is 1000. The fraction of sp³-hybridized carbons (Fsp3) is 0. The van der Waals surface area contributed by atoms with Crippen LogP contribution in [0.5, 0.6) is 0 Å². The van der Waals surface area contributed by atoms with Crippen LogP contribution < -0.4 is 0 Å². The molecule has 4 rings (SSSR count). The first-order chi connectivity index (χ1) is 12.3. The fourth-order valence-electron chi connectivity index (χ4n) is 3.14. The van der Waals surface area contributed by atoms with Crippen LogP contribution in [0.2, 0.25) is 0 Å². The summed E-state index contributed by atoms with van der Waals surface area (Å²) in [7, 11) is 0. The van der Waals surface area contributed by atoms with Gasteiger partial charge in [0.25, 0.3) is 0 Å². The summed E-state index contributed by atoms with van der Waals surface area (Å²) in [5.41, 5.74) is 7.42. The van der Waals surface area contributed by atoms with Gasteiger partial charge in [0, 0.05) is 4.47 Å². The SMILES string of the molecule is Brc1cccc(-c2ccccc2-c2cccc(-c3ccccc3)c2)c1. The van der Waals surface area contributed by atoms with E-state index in [9.17, 15) is 0 Å². The summed E-state index contributed by atoms with van der Waals surface area (Å²) in [6.07, 6.45) is 0. The van der Waals surface area contributed by atoms with Crippen LogP contribution in [0.25, 0.3) is 33.4 Å². The number of hydrogen-bond donors (Lipinski definition) is 0. The quantitative estimate of drug-likeness (QED) is 0.344. The van der Waals surface area contributed by atoms with Gasteiger partial charge in [-0.15, -0.1) is 0 Å². The van der Waals surface area contributed by atoms with Crippen molar-refractivity contribution in [2.45, 2.75) is 0 Å². The molecule has 25 heavy (non-hydrogen) atoms. The molecule has 0 amide bonds. The van der Waals surface area contributed by atoms with E-state index < -0.39 is 0 Å². The van der Waals surface area contributed by atoms with Gasteiger partial charge in [-0.25, -0.2) is 0 Å². The first kappa shape index (κ1) is 15.9. The van der Waals surface area contributed by atoms with Gasteiger partial charge < -0.3 is 0 Å². The third-order valence-corrected chi connectivity index (χ3v) is 4.84. The van der Waals surface area contributed by atoms with Crippen molar-refractivity contribution in [3.05, 3.63) is 108 Å². The highest BCUT2D eigenvalue weighted by molar-refractivity contribution is 9.10. The van der Waals surface area contributed by atoms with Crippen LogP contribution >= 0.6 is 15.9 Å². The van der Waals surface area contributed by atoms with Crippen molar-refractivity contribution in [1.82, 2.24) is 0 Å². The van der Waals surface area contributed by atoms with E-state index in [-0.39, 0.29) is 0 Å². The smallest absolute Gasteiger partial charge is 0.0181 e. The highest BCUT2D eigenvalue weighted by Crippen LogP contribution is 2.34. The van der Waals surface area contributed by atoms with Crippen LogP contribution in [0.15, 0.2) is 108 Å². The molecule has 0 aliphatic carbocycles. The molecule has 120 valence electrons. The Labute approximate surface area is 156 Å². The average Bonchev–Trinajstić information content (AvgIpc) is 2.69. The number of benzene rings is 4. The maximum atomic E-state index is 3.58. The van der Waals surface area contributed by atoms with Crippen LogP contribution in [-0.4, -0.2) is 0 Å². The van der Waals surface area contributed by atoms with Crippen molar-refractivity contribution in [3.8, 4) is 33.4 Å². The summed E-state index contributed by atoms with van der Waals surface area (Å²) in [4.78, 5) is 0. The van der Waals surface area contributed by atoms with Crippen LogP contribution in [0.1, 0.15) is 0 Å². The Morgan fingerprint density at radius 1 is 0.400 bits per heavy atom. The van der Waals surface area contributed by atoms with Crippen molar-refractivity contribution in [3.63, 3.8) is 0 Å². The molecule has 0 heterocycles. The molecule has 0 nitrogen and oxygen atoms in total. The predicted octanol–water partition coefficient (Wildman–Crippen LogP) is 7.45. The van der Waals surface area contributed by atoms with Crippen molar-refractivity contribution in [2.75, 3.05) is 0 Å². The molecule has 0 fully saturated rings. The first-order valence-corrected chi connectivity index (χ1v) is 9.11. The topological polar surface area (TPSA) is 0 Å². The maximum Gasteiger partial charge on any atom is 0.0181 e. The van der Waals surface area contributed by atoms with Gasteiger partial charge in [-0.05, 0) is 51.6 Å². The van der Waals surface area contributed by atoms with E-state index in [4.69, 9.17) is 0 Å². The Morgan fingerprint density at radius 3 is 1.60 bits per heavy atom. The molecular weight excluding hydrogens is 368 g/mol. The molecule has 0 aliphatic rings. The van der Waals surface area contributed by atoms with Gasteiger partial charge in [0.1, 0.15) is 0 Å². The highest BCUT2D eigenvalue weighted by Gasteiger charge is 2.08. The summed E-state index contributed by atoms with van der Waals surface area (Å²) in [6, 6.07) is 36.3. The van der Waals surface area contributed by atoms with Gasteiger partial charge in [0.15, 0.2) is 0 Å². The predicted molar refractivity (Wildman–Crippen MR) is 110 cm³/mol. The largest absolute Gasteiger partial charge is 0.0622 e. The van der Waals surface area contributed by atoms with Crippen LogP contribution in [-0.2, 0) is 0 Å². The maximum absolute atomic E-state index is 3.58. The minimum Gasteiger partial charge on any atom is -0.0622 e. The van der Waals surface area contributed by atoms with Crippen LogP contribution in [0.4, 0.5) is 0 Å². The zero-order valence-electron chi connectivity index (χ0n) is 13.7. The molecule has 0 N–H and O–H groups in total. The van der Waals surface area contributed by atoms with Gasteiger partial charge in [-0.2, -0.15) is 0 Å². The third kappa shape index (κ3) is 3.42. The van der Waals surface area contributed by atoms with Crippen LogP contribution in [0.3, 0.4) is 0 Å². The number of hydrogen-bond acceptors (Lipinski definition) is 0. The first-order valence-electron chi connectivity index (χ1n) is 8.32. The minimum absolute atomic E-state index is 1.10. The summed E-state index contributed by atoms with van der Waals surface area (Å²) in [5.74, 6) is 0. The Balaban J connectivity index is 1.84. The monoisotopic (exact) mass is 384 g/mol. The van der Waals surface area contributed by atoms with E-state index in [0.29, 0.717) is 0 Å². The standard InChI is InChI=1S/C24H17Br/c25-22-13-7-12-21(17-22)24-15-5-4-14-23(24)20-11-6-10-19(16-20)18-8-2-1-3-9-18/h1-17H. The van der Waals surface area contributed by atoms with E-state index in [2.05, 4.69) is 119 Å². The molecule has 4 aromatic carbocycles. The zero-order valence-corrected chi connectivity index (χ0v) is 15.3. The lowest BCUT2D eigenvalue weighted by Crippen LogP contribution is -1.86. The molecule has 0 unspecified atom stereocenters. The second kappa shape index (κ2) is 7.08. The lowest BCUT2D eigenvalue weighted by atomic mass is 9.93. The summed E-state index contributed by atoms with van der Waals surface area (Å²) < 4.78 is 1.10. The Kier molecular flexibility index (Phi) is 4.49. The normalized spacial score (nSPS) is 10.6. The van der Waals surface area contributed by atoms with Crippen molar-refractivity contribution in [1.29, 1.82) is 0 Å². The van der Waals surface area contributed by atoms with Crippen molar-refractivity contribution < 1.29 is 0 Å². The molecule has 0 saturated carbocycles.